The van der Waals surface area contributed by atoms with Crippen LogP contribution in [0, 0.1) is 11.3 Å². The van der Waals surface area contributed by atoms with E-state index in [9.17, 15) is 14.4 Å². The summed E-state index contributed by atoms with van der Waals surface area (Å²) in [5.74, 6) is -1.20. The number of ether oxygens (including phenoxy) is 1. The number of nitrogens with two attached hydrogens (primary N) is 1. The quantitative estimate of drug-likeness (QED) is 0.158. The Morgan fingerprint density at radius 1 is 1.00 bits per heavy atom. The molecule has 0 spiro atoms. The molecule has 26 heavy (non-hydrogen) atoms. The average Bonchev–Trinajstić information content (AvgIpc) is 2.62. The molecule has 0 saturated heterocycles. The van der Waals surface area contributed by atoms with Crippen molar-refractivity contribution in [3.05, 3.63) is 0 Å². The standard InChI is InChI=1S/C17H28N4O5/c1-25-15(22)11-9-7-5-3-2-4-6-8-10-12-20-17(24)26-21-14(13-18)16(19)23/h2-12H2,1H3,(H2,19,23)(H,20,24). The zero-order valence-corrected chi connectivity index (χ0v) is 15.3. The SMILES string of the molecule is COC(=O)CCCCCCCCCCCNC(=O)ON=C(C#N)C(N)=O. The number of hydrogen-bond acceptors (Lipinski definition) is 7. The molecule has 0 aromatic carbocycles. The molecular formula is C17H28N4O5. The van der Waals surface area contributed by atoms with Crippen molar-refractivity contribution in [1.29, 1.82) is 5.26 Å². The molecule has 9 heteroatoms. The molecule has 0 radical (unpaired) electrons. The Balaban J connectivity index is 3.43. The maximum Gasteiger partial charge on any atom is 0.433 e. The first-order chi connectivity index (χ1) is 12.5. The second-order valence-corrected chi connectivity index (χ2v) is 5.73. The summed E-state index contributed by atoms with van der Waals surface area (Å²) < 4.78 is 4.58. The third-order valence-corrected chi connectivity index (χ3v) is 3.61. The number of nitriles is 1. The van der Waals surface area contributed by atoms with Crippen LogP contribution in [-0.2, 0) is 19.2 Å². The lowest BCUT2D eigenvalue weighted by atomic mass is 10.1. The maximum atomic E-state index is 11.3. The van der Waals surface area contributed by atoms with Crippen LogP contribution >= 0.6 is 0 Å². The number of carbonyl (C=O) groups is 3. The van der Waals surface area contributed by atoms with E-state index in [-0.39, 0.29) is 5.97 Å². The minimum Gasteiger partial charge on any atom is -0.469 e. The molecule has 0 aliphatic heterocycles. The van der Waals surface area contributed by atoms with Crippen LogP contribution in [0.5, 0.6) is 0 Å². The Morgan fingerprint density at radius 3 is 2.04 bits per heavy atom. The largest absolute Gasteiger partial charge is 0.469 e. The third kappa shape index (κ3) is 13.8. The van der Waals surface area contributed by atoms with Crippen LogP contribution in [0.1, 0.15) is 64.2 Å². The van der Waals surface area contributed by atoms with Gasteiger partial charge < -0.3 is 15.8 Å². The van der Waals surface area contributed by atoms with E-state index in [1.807, 2.05) is 0 Å². The van der Waals surface area contributed by atoms with E-state index < -0.39 is 17.7 Å². The number of methoxy groups -OCH3 is 1. The molecule has 0 aliphatic rings. The van der Waals surface area contributed by atoms with Gasteiger partial charge in [0.25, 0.3) is 5.91 Å². The molecule has 0 atom stereocenters. The Hall–Kier alpha value is -2.63. The second-order valence-electron chi connectivity index (χ2n) is 5.73. The first-order valence-electron chi connectivity index (χ1n) is 8.80. The van der Waals surface area contributed by atoms with Gasteiger partial charge in [0, 0.05) is 13.0 Å². The van der Waals surface area contributed by atoms with Gasteiger partial charge in [0.05, 0.1) is 7.11 Å². The van der Waals surface area contributed by atoms with E-state index in [4.69, 9.17) is 11.0 Å². The minimum absolute atomic E-state index is 0.146. The highest BCUT2D eigenvalue weighted by molar-refractivity contribution is 6.44. The molecule has 0 saturated carbocycles. The van der Waals surface area contributed by atoms with Crippen molar-refractivity contribution in [3.8, 4) is 6.07 Å². The van der Waals surface area contributed by atoms with Crippen molar-refractivity contribution in [2.24, 2.45) is 10.9 Å². The summed E-state index contributed by atoms with van der Waals surface area (Å²) in [6.45, 7) is 0.431. The number of unbranched alkanes of at least 4 members (excludes halogenated alkanes) is 8. The Morgan fingerprint density at radius 2 is 1.54 bits per heavy atom. The molecule has 0 aliphatic carbocycles. The monoisotopic (exact) mass is 368 g/mol. The van der Waals surface area contributed by atoms with Gasteiger partial charge in [-0.2, -0.15) is 5.26 Å². The second kappa shape index (κ2) is 15.9. The average molecular weight is 368 g/mol. The van der Waals surface area contributed by atoms with Gasteiger partial charge in [-0.25, -0.2) is 4.79 Å². The number of oxime groups is 1. The van der Waals surface area contributed by atoms with Crippen LogP contribution < -0.4 is 11.1 Å². The number of rotatable bonds is 14. The molecule has 3 N–H and O–H groups in total. The van der Waals surface area contributed by atoms with Crippen molar-refractivity contribution in [2.45, 2.75) is 64.2 Å². The molecule has 2 amide bonds. The fourth-order valence-electron chi connectivity index (χ4n) is 2.16. The van der Waals surface area contributed by atoms with Crippen LogP contribution in [-0.4, -0.2) is 37.3 Å². The van der Waals surface area contributed by atoms with Gasteiger partial charge in [-0.3, -0.25) is 14.4 Å². The molecule has 0 heterocycles. The zero-order chi connectivity index (χ0) is 19.6. The van der Waals surface area contributed by atoms with Gasteiger partial charge in [-0.15, -0.1) is 0 Å². The molecule has 0 bridgehead atoms. The molecule has 0 aromatic heterocycles. The van der Waals surface area contributed by atoms with Crippen molar-refractivity contribution < 1.29 is 24.0 Å². The normalized spacial score (nSPS) is 10.7. The zero-order valence-electron chi connectivity index (χ0n) is 15.3. The summed E-state index contributed by atoms with van der Waals surface area (Å²) in [4.78, 5) is 37.2. The highest BCUT2D eigenvalue weighted by Crippen LogP contribution is 2.10. The lowest BCUT2D eigenvalue weighted by Gasteiger charge is -2.04. The molecule has 0 unspecified atom stereocenters. The van der Waals surface area contributed by atoms with Gasteiger partial charge in [0.2, 0.25) is 5.71 Å². The van der Waals surface area contributed by atoms with E-state index in [0.29, 0.717) is 13.0 Å². The summed E-state index contributed by atoms with van der Waals surface area (Å²) in [7, 11) is 1.41. The van der Waals surface area contributed by atoms with Crippen LogP contribution in [0.4, 0.5) is 4.79 Å². The van der Waals surface area contributed by atoms with Gasteiger partial charge in [-0.05, 0) is 12.8 Å². The fraction of sp³-hybridized carbons (Fsp3) is 0.706. The number of primary amides is 1. The summed E-state index contributed by atoms with van der Waals surface area (Å²) in [5, 5.41) is 14.0. The Bertz CT molecular complexity index is 514. The lowest BCUT2D eigenvalue weighted by molar-refractivity contribution is -0.140. The van der Waals surface area contributed by atoms with Crippen LogP contribution in [0.15, 0.2) is 5.16 Å². The van der Waals surface area contributed by atoms with Crippen molar-refractivity contribution in [2.75, 3.05) is 13.7 Å². The molecule has 9 nitrogen and oxygen atoms in total. The maximum absolute atomic E-state index is 11.3. The first kappa shape index (κ1) is 23.4. The molecule has 0 aromatic rings. The number of esters is 1. The number of nitrogens with one attached hydrogen (secondary N) is 1. The highest BCUT2D eigenvalue weighted by Gasteiger charge is 2.08. The minimum atomic E-state index is -1.05. The van der Waals surface area contributed by atoms with Crippen LogP contribution in [0.2, 0.25) is 0 Å². The molecule has 0 fully saturated rings. The molecule has 0 rings (SSSR count). The van der Waals surface area contributed by atoms with Crippen LogP contribution in [0.25, 0.3) is 0 Å². The Labute approximate surface area is 153 Å². The van der Waals surface area contributed by atoms with Gasteiger partial charge in [0.1, 0.15) is 6.07 Å². The van der Waals surface area contributed by atoms with Crippen molar-refractivity contribution >= 4 is 23.7 Å². The lowest BCUT2D eigenvalue weighted by Crippen LogP contribution is -2.26. The van der Waals surface area contributed by atoms with E-state index in [2.05, 4.69) is 20.0 Å². The molecular weight excluding hydrogens is 340 g/mol. The van der Waals surface area contributed by atoms with Gasteiger partial charge >= 0.3 is 12.1 Å². The smallest absolute Gasteiger partial charge is 0.433 e. The Kier molecular flexibility index (Phi) is 14.3. The predicted molar refractivity (Wildman–Crippen MR) is 94.9 cm³/mol. The van der Waals surface area contributed by atoms with E-state index in [0.717, 1.165) is 57.8 Å². The predicted octanol–water partition coefficient (Wildman–Crippen LogP) is 2.15. The highest BCUT2D eigenvalue weighted by atomic mass is 16.7. The van der Waals surface area contributed by atoms with E-state index >= 15 is 0 Å². The summed E-state index contributed by atoms with van der Waals surface area (Å²) in [5.41, 5.74) is 4.18. The van der Waals surface area contributed by atoms with Crippen molar-refractivity contribution in [3.63, 3.8) is 0 Å². The van der Waals surface area contributed by atoms with E-state index in [1.165, 1.54) is 13.2 Å². The summed E-state index contributed by atoms with van der Waals surface area (Å²) in [6, 6.07) is 1.43. The number of nitrogens with zero attached hydrogens (tertiary/aromatic N) is 2. The first-order valence-corrected chi connectivity index (χ1v) is 8.80. The topological polar surface area (TPSA) is 144 Å². The van der Waals surface area contributed by atoms with Crippen LogP contribution in [0.3, 0.4) is 0 Å². The fourth-order valence-corrected chi connectivity index (χ4v) is 2.16. The third-order valence-electron chi connectivity index (χ3n) is 3.61. The number of hydrogen-bond donors (Lipinski definition) is 2. The summed E-state index contributed by atoms with van der Waals surface area (Å²) in [6.07, 6.45) is 9.05. The number of carbonyl (C=O) groups excluding carboxylic acids is 3. The van der Waals surface area contributed by atoms with E-state index in [1.54, 1.807) is 0 Å². The van der Waals surface area contributed by atoms with Crippen molar-refractivity contribution in [1.82, 2.24) is 5.32 Å². The molecule has 146 valence electrons. The summed E-state index contributed by atoms with van der Waals surface area (Å²) >= 11 is 0. The van der Waals surface area contributed by atoms with Gasteiger partial charge in [-0.1, -0.05) is 50.1 Å². The number of amides is 2. The van der Waals surface area contributed by atoms with Gasteiger partial charge in [0.15, 0.2) is 0 Å².